The topological polar surface area (TPSA) is 38.8 Å². The molecule has 0 fully saturated rings. The quantitative estimate of drug-likeness (QED) is 0.764. The van der Waals surface area contributed by atoms with Crippen molar-refractivity contribution in [2.75, 3.05) is 34.0 Å². The Bertz CT molecular complexity index is 451. The van der Waals surface area contributed by atoms with Gasteiger partial charge >= 0.3 is 0 Å². The average molecular weight is 344 g/mol. The molecular weight excluding hydrogens is 322 g/mol. The fourth-order valence-corrected chi connectivity index (χ4v) is 2.23. The summed E-state index contributed by atoms with van der Waals surface area (Å²) in [6.07, 6.45) is 0. The van der Waals surface area contributed by atoms with E-state index >= 15 is 0 Å². The van der Waals surface area contributed by atoms with Gasteiger partial charge < -0.3 is 14.4 Å². The van der Waals surface area contributed by atoms with Crippen molar-refractivity contribution in [1.29, 1.82) is 0 Å². The van der Waals surface area contributed by atoms with E-state index in [-0.39, 0.29) is 11.9 Å². The summed E-state index contributed by atoms with van der Waals surface area (Å²) < 4.78 is 11.2. The van der Waals surface area contributed by atoms with E-state index in [1.165, 1.54) is 0 Å². The lowest BCUT2D eigenvalue weighted by Gasteiger charge is -2.29. The van der Waals surface area contributed by atoms with Crippen molar-refractivity contribution in [2.24, 2.45) is 0 Å². The van der Waals surface area contributed by atoms with Gasteiger partial charge in [0.05, 0.1) is 19.3 Å². The molecule has 0 saturated heterocycles. The van der Waals surface area contributed by atoms with Gasteiger partial charge in [-0.05, 0) is 37.6 Å². The van der Waals surface area contributed by atoms with Crippen molar-refractivity contribution in [3.63, 3.8) is 0 Å². The van der Waals surface area contributed by atoms with Crippen LogP contribution in [0.25, 0.3) is 0 Å². The van der Waals surface area contributed by atoms with Crippen LogP contribution in [0.1, 0.15) is 22.8 Å². The Morgan fingerprint density at radius 2 is 2.05 bits per heavy atom. The molecule has 1 amide bonds. The van der Waals surface area contributed by atoms with Crippen molar-refractivity contribution >= 4 is 21.8 Å². The average Bonchev–Trinajstić information content (AvgIpc) is 2.42. The molecule has 0 aliphatic heterocycles. The molecular formula is C15H22BrNO3. The molecule has 0 aliphatic carbocycles. The SMILES string of the molecule is COCCN(C(=O)c1ccc(Br)c(C)c1)C(C)COC. The minimum atomic E-state index is 0.00204. The summed E-state index contributed by atoms with van der Waals surface area (Å²) in [6.45, 7) is 5.51. The lowest BCUT2D eigenvalue weighted by atomic mass is 10.1. The summed E-state index contributed by atoms with van der Waals surface area (Å²) >= 11 is 3.45. The molecule has 1 aromatic carbocycles. The standard InChI is InChI=1S/C15H22BrNO3/c1-11-9-13(5-6-14(11)16)15(18)17(7-8-19-3)12(2)10-20-4/h5-6,9,12H,7-8,10H2,1-4H3. The van der Waals surface area contributed by atoms with Gasteiger partial charge in [-0.25, -0.2) is 0 Å². The van der Waals surface area contributed by atoms with Crippen molar-refractivity contribution < 1.29 is 14.3 Å². The highest BCUT2D eigenvalue weighted by molar-refractivity contribution is 9.10. The molecule has 0 radical (unpaired) electrons. The summed E-state index contributed by atoms with van der Waals surface area (Å²) in [5, 5.41) is 0. The van der Waals surface area contributed by atoms with Gasteiger partial charge in [0.2, 0.25) is 0 Å². The highest BCUT2D eigenvalue weighted by Gasteiger charge is 2.21. The molecule has 5 heteroatoms. The summed E-state index contributed by atoms with van der Waals surface area (Å²) in [4.78, 5) is 14.4. The number of halogens is 1. The van der Waals surface area contributed by atoms with Crippen molar-refractivity contribution in [2.45, 2.75) is 19.9 Å². The molecule has 0 bridgehead atoms. The lowest BCUT2D eigenvalue weighted by Crippen LogP contribution is -2.43. The zero-order valence-corrected chi connectivity index (χ0v) is 14.1. The summed E-state index contributed by atoms with van der Waals surface area (Å²) in [5.74, 6) is 0.00204. The lowest BCUT2D eigenvalue weighted by molar-refractivity contribution is 0.0479. The Balaban J connectivity index is 2.93. The van der Waals surface area contributed by atoms with Crippen LogP contribution in [0, 0.1) is 6.92 Å². The van der Waals surface area contributed by atoms with E-state index < -0.39 is 0 Å². The number of carbonyl (C=O) groups excluding carboxylic acids is 1. The molecule has 1 rings (SSSR count). The van der Waals surface area contributed by atoms with Crippen LogP contribution in [0.15, 0.2) is 22.7 Å². The number of nitrogens with zero attached hydrogens (tertiary/aromatic N) is 1. The number of aryl methyl sites for hydroxylation is 1. The molecule has 20 heavy (non-hydrogen) atoms. The normalized spacial score (nSPS) is 12.2. The number of rotatable bonds is 7. The Labute approximate surface area is 129 Å². The number of hydrogen-bond acceptors (Lipinski definition) is 3. The maximum Gasteiger partial charge on any atom is 0.254 e. The van der Waals surface area contributed by atoms with Crippen LogP contribution in [0.2, 0.25) is 0 Å². The first-order valence-corrected chi connectivity index (χ1v) is 7.35. The van der Waals surface area contributed by atoms with E-state index in [4.69, 9.17) is 9.47 Å². The van der Waals surface area contributed by atoms with Crippen molar-refractivity contribution in [3.8, 4) is 0 Å². The predicted molar refractivity (Wildman–Crippen MR) is 83.1 cm³/mol. The summed E-state index contributed by atoms with van der Waals surface area (Å²) in [7, 11) is 3.27. The van der Waals surface area contributed by atoms with Crippen molar-refractivity contribution in [3.05, 3.63) is 33.8 Å². The highest BCUT2D eigenvalue weighted by atomic mass is 79.9. The third kappa shape index (κ3) is 4.58. The second-order valence-electron chi connectivity index (χ2n) is 4.76. The number of amides is 1. The van der Waals surface area contributed by atoms with E-state index in [0.29, 0.717) is 25.3 Å². The van der Waals surface area contributed by atoms with E-state index in [0.717, 1.165) is 10.0 Å². The van der Waals surface area contributed by atoms with Crippen LogP contribution >= 0.6 is 15.9 Å². The van der Waals surface area contributed by atoms with Gasteiger partial charge in [-0.2, -0.15) is 0 Å². The monoisotopic (exact) mass is 343 g/mol. The maximum atomic E-state index is 12.6. The molecule has 0 N–H and O–H groups in total. The van der Waals surface area contributed by atoms with Gasteiger partial charge in [0.1, 0.15) is 0 Å². The molecule has 0 aromatic heterocycles. The van der Waals surface area contributed by atoms with E-state index in [1.807, 2.05) is 32.0 Å². The van der Waals surface area contributed by atoms with Crippen LogP contribution < -0.4 is 0 Å². The van der Waals surface area contributed by atoms with Gasteiger partial charge in [-0.3, -0.25) is 4.79 Å². The molecule has 0 saturated carbocycles. The van der Waals surface area contributed by atoms with Crippen LogP contribution in [-0.4, -0.2) is 50.8 Å². The number of carbonyl (C=O) groups is 1. The van der Waals surface area contributed by atoms with Crippen LogP contribution in [0.3, 0.4) is 0 Å². The first-order valence-electron chi connectivity index (χ1n) is 6.56. The molecule has 0 spiro atoms. The molecule has 1 atom stereocenters. The second kappa shape index (κ2) is 8.39. The predicted octanol–water partition coefficient (Wildman–Crippen LogP) is 2.88. The Hall–Kier alpha value is -0.910. The molecule has 0 aliphatic rings. The van der Waals surface area contributed by atoms with Crippen LogP contribution in [0.4, 0.5) is 0 Å². The van der Waals surface area contributed by atoms with E-state index in [9.17, 15) is 4.79 Å². The molecule has 4 nitrogen and oxygen atoms in total. The van der Waals surface area contributed by atoms with Gasteiger partial charge in [0, 0.05) is 30.8 Å². The number of methoxy groups -OCH3 is 2. The van der Waals surface area contributed by atoms with E-state index in [2.05, 4.69) is 15.9 Å². The Morgan fingerprint density at radius 1 is 1.35 bits per heavy atom. The Morgan fingerprint density at radius 3 is 2.60 bits per heavy atom. The van der Waals surface area contributed by atoms with Crippen LogP contribution in [0.5, 0.6) is 0 Å². The third-order valence-corrected chi connectivity index (χ3v) is 4.03. The van der Waals surface area contributed by atoms with Crippen LogP contribution in [-0.2, 0) is 9.47 Å². The van der Waals surface area contributed by atoms with E-state index in [1.54, 1.807) is 19.1 Å². The minimum Gasteiger partial charge on any atom is -0.383 e. The van der Waals surface area contributed by atoms with Gasteiger partial charge in [-0.15, -0.1) is 0 Å². The zero-order chi connectivity index (χ0) is 15.1. The fourth-order valence-electron chi connectivity index (χ4n) is 1.99. The van der Waals surface area contributed by atoms with Gasteiger partial charge in [-0.1, -0.05) is 15.9 Å². The summed E-state index contributed by atoms with van der Waals surface area (Å²) in [5.41, 5.74) is 1.73. The fraction of sp³-hybridized carbons (Fsp3) is 0.533. The summed E-state index contributed by atoms with van der Waals surface area (Å²) in [6, 6.07) is 5.63. The largest absolute Gasteiger partial charge is 0.383 e. The highest BCUT2D eigenvalue weighted by Crippen LogP contribution is 2.19. The molecule has 1 aromatic rings. The molecule has 0 heterocycles. The minimum absolute atomic E-state index is 0.00204. The first kappa shape index (κ1) is 17.1. The first-order chi connectivity index (χ1) is 9.51. The zero-order valence-electron chi connectivity index (χ0n) is 12.5. The number of hydrogen-bond donors (Lipinski definition) is 0. The second-order valence-corrected chi connectivity index (χ2v) is 5.61. The Kier molecular flexibility index (Phi) is 7.19. The van der Waals surface area contributed by atoms with Gasteiger partial charge in [0.25, 0.3) is 5.91 Å². The number of ether oxygens (including phenoxy) is 2. The smallest absolute Gasteiger partial charge is 0.254 e. The molecule has 1 unspecified atom stereocenters. The molecule has 112 valence electrons. The van der Waals surface area contributed by atoms with Crippen molar-refractivity contribution in [1.82, 2.24) is 4.90 Å². The maximum absolute atomic E-state index is 12.6. The van der Waals surface area contributed by atoms with Gasteiger partial charge in [0.15, 0.2) is 0 Å². The number of benzene rings is 1. The third-order valence-electron chi connectivity index (χ3n) is 3.14.